The molecule has 0 radical (unpaired) electrons. The van der Waals surface area contributed by atoms with E-state index in [9.17, 15) is 22.4 Å². The summed E-state index contributed by atoms with van der Waals surface area (Å²) in [6.45, 7) is 3.28. The molecule has 0 unspecified atom stereocenters. The SMILES string of the molecule is COc1c([C@H]2CO[C@@](C)(C(F)(F)F)[C@H]2C)ccc(OC(C)=O)c1F. The fraction of sp³-hybridized carbons (Fsp3) is 0.562. The Labute approximate surface area is 136 Å². The molecular weight excluding hydrogens is 332 g/mol. The lowest BCUT2D eigenvalue weighted by molar-refractivity contribution is -0.266. The second-order valence-electron chi connectivity index (χ2n) is 5.90. The highest BCUT2D eigenvalue weighted by Gasteiger charge is 2.61. The number of carbonyl (C=O) groups is 1. The standard InChI is InChI=1S/C16H18F4O4/c1-8-11(7-23-15(8,3)16(18,19)20)10-5-6-12(24-9(2)21)13(17)14(10)22-4/h5-6,8,11H,7H2,1-4H3/t8-,11-,15+/m0/s1. The van der Waals surface area contributed by atoms with Gasteiger partial charge in [0.25, 0.3) is 0 Å². The van der Waals surface area contributed by atoms with Crippen LogP contribution in [0.5, 0.6) is 11.5 Å². The smallest absolute Gasteiger partial charge is 0.417 e. The van der Waals surface area contributed by atoms with E-state index in [1.54, 1.807) is 0 Å². The molecule has 24 heavy (non-hydrogen) atoms. The molecule has 8 heteroatoms. The zero-order valence-electron chi connectivity index (χ0n) is 13.7. The highest BCUT2D eigenvalue weighted by molar-refractivity contribution is 5.69. The molecule has 0 N–H and O–H groups in total. The highest BCUT2D eigenvalue weighted by Crippen LogP contribution is 2.52. The van der Waals surface area contributed by atoms with Crippen LogP contribution in [0.1, 0.15) is 32.3 Å². The largest absolute Gasteiger partial charge is 0.493 e. The van der Waals surface area contributed by atoms with Crippen molar-refractivity contribution in [3.05, 3.63) is 23.5 Å². The monoisotopic (exact) mass is 350 g/mol. The molecule has 3 atom stereocenters. The number of benzene rings is 1. The van der Waals surface area contributed by atoms with Gasteiger partial charge in [0.05, 0.1) is 13.7 Å². The molecule has 4 nitrogen and oxygen atoms in total. The third kappa shape index (κ3) is 2.94. The molecule has 1 aromatic carbocycles. The number of rotatable bonds is 3. The summed E-state index contributed by atoms with van der Waals surface area (Å²) in [6, 6.07) is 2.59. The molecule has 0 amide bonds. The third-order valence-electron chi connectivity index (χ3n) is 4.55. The van der Waals surface area contributed by atoms with Gasteiger partial charge in [-0.2, -0.15) is 17.6 Å². The zero-order valence-corrected chi connectivity index (χ0v) is 13.7. The predicted octanol–water partition coefficient (Wildman–Crippen LogP) is 3.83. The van der Waals surface area contributed by atoms with Gasteiger partial charge in [-0.05, 0) is 13.0 Å². The lowest BCUT2D eigenvalue weighted by Gasteiger charge is -2.32. The van der Waals surface area contributed by atoms with E-state index in [4.69, 9.17) is 14.2 Å². The maximum Gasteiger partial charge on any atom is 0.417 e. The van der Waals surface area contributed by atoms with Crippen LogP contribution in [0.4, 0.5) is 17.6 Å². The molecular formula is C16H18F4O4. The average Bonchev–Trinajstić information content (AvgIpc) is 2.77. The van der Waals surface area contributed by atoms with Gasteiger partial charge in [0.2, 0.25) is 5.82 Å². The Morgan fingerprint density at radius 3 is 2.46 bits per heavy atom. The van der Waals surface area contributed by atoms with Crippen molar-refractivity contribution in [2.45, 2.75) is 38.5 Å². The van der Waals surface area contributed by atoms with Crippen molar-refractivity contribution >= 4 is 5.97 Å². The quantitative estimate of drug-likeness (QED) is 0.472. The number of halogens is 4. The van der Waals surface area contributed by atoms with Crippen LogP contribution < -0.4 is 9.47 Å². The van der Waals surface area contributed by atoms with Gasteiger partial charge < -0.3 is 14.2 Å². The highest BCUT2D eigenvalue weighted by atomic mass is 19.4. The van der Waals surface area contributed by atoms with Crippen molar-refractivity contribution in [3.8, 4) is 11.5 Å². The average molecular weight is 350 g/mol. The van der Waals surface area contributed by atoms with Crippen LogP contribution in [0.15, 0.2) is 12.1 Å². The van der Waals surface area contributed by atoms with Crippen LogP contribution in [0.2, 0.25) is 0 Å². The summed E-state index contributed by atoms with van der Waals surface area (Å²) in [6.07, 6.45) is -4.55. The summed E-state index contributed by atoms with van der Waals surface area (Å²) >= 11 is 0. The van der Waals surface area contributed by atoms with Crippen LogP contribution >= 0.6 is 0 Å². The minimum absolute atomic E-state index is 0.222. The van der Waals surface area contributed by atoms with E-state index in [1.807, 2.05) is 0 Å². The van der Waals surface area contributed by atoms with Crippen LogP contribution in [-0.2, 0) is 9.53 Å². The van der Waals surface area contributed by atoms with Crippen molar-refractivity contribution in [2.75, 3.05) is 13.7 Å². The number of ether oxygens (including phenoxy) is 3. The molecule has 1 saturated heterocycles. The van der Waals surface area contributed by atoms with Crippen LogP contribution in [0, 0.1) is 11.7 Å². The molecule has 134 valence electrons. The molecule has 0 bridgehead atoms. The summed E-state index contributed by atoms with van der Waals surface area (Å²) in [4.78, 5) is 11.0. The van der Waals surface area contributed by atoms with Gasteiger partial charge in [0.15, 0.2) is 17.1 Å². The molecule has 0 saturated carbocycles. The van der Waals surface area contributed by atoms with E-state index in [1.165, 1.54) is 26.2 Å². The lowest BCUT2D eigenvalue weighted by Crippen LogP contribution is -2.46. The Kier molecular flexibility index (Phi) is 4.81. The second-order valence-corrected chi connectivity index (χ2v) is 5.90. The van der Waals surface area contributed by atoms with Crippen molar-refractivity contribution in [3.63, 3.8) is 0 Å². The number of methoxy groups -OCH3 is 1. The van der Waals surface area contributed by atoms with Gasteiger partial charge in [-0.15, -0.1) is 0 Å². The second kappa shape index (κ2) is 6.23. The summed E-state index contributed by atoms with van der Waals surface area (Å²) in [7, 11) is 1.20. The van der Waals surface area contributed by atoms with Crippen LogP contribution in [0.3, 0.4) is 0 Å². The molecule has 1 aliphatic rings. The first kappa shape index (κ1) is 18.5. The predicted molar refractivity (Wildman–Crippen MR) is 76.6 cm³/mol. The van der Waals surface area contributed by atoms with E-state index in [2.05, 4.69) is 0 Å². The van der Waals surface area contributed by atoms with Crippen LogP contribution in [-0.4, -0.2) is 31.5 Å². The molecule has 0 spiro atoms. The minimum atomic E-state index is -4.55. The van der Waals surface area contributed by atoms with Gasteiger partial charge in [-0.25, -0.2) is 0 Å². The molecule has 1 heterocycles. The number of carbonyl (C=O) groups excluding carboxylic acids is 1. The molecule has 0 aromatic heterocycles. The van der Waals surface area contributed by atoms with Gasteiger partial charge in [0.1, 0.15) is 0 Å². The van der Waals surface area contributed by atoms with Crippen molar-refractivity contribution in [1.82, 2.24) is 0 Å². The number of esters is 1. The minimum Gasteiger partial charge on any atom is -0.493 e. The summed E-state index contributed by atoms with van der Waals surface area (Å²) in [5, 5.41) is 0. The van der Waals surface area contributed by atoms with Gasteiger partial charge in [-0.3, -0.25) is 4.79 Å². The topological polar surface area (TPSA) is 44.8 Å². The molecule has 1 aromatic rings. The molecule has 1 aliphatic heterocycles. The van der Waals surface area contributed by atoms with Gasteiger partial charge >= 0.3 is 12.1 Å². The Bertz CT molecular complexity index is 644. The van der Waals surface area contributed by atoms with E-state index in [-0.39, 0.29) is 23.7 Å². The molecule has 0 aliphatic carbocycles. The van der Waals surface area contributed by atoms with E-state index < -0.39 is 35.4 Å². The lowest BCUT2D eigenvalue weighted by atomic mass is 9.79. The van der Waals surface area contributed by atoms with Gasteiger partial charge in [0, 0.05) is 24.3 Å². The first-order valence-corrected chi connectivity index (χ1v) is 7.28. The summed E-state index contributed by atoms with van der Waals surface area (Å²) < 4.78 is 69.0. The zero-order chi connectivity index (χ0) is 18.3. The van der Waals surface area contributed by atoms with Gasteiger partial charge in [-0.1, -0.05) is 13.0 Å². The molecule has 2 rings (SSSR count). The van der Waals surface area contributed by atoms with Crippen molar-refractivity contribution in [2.24, 2.45) is 5.92 Å². The maximum absolute atomic E-state index is 14.4. The Morgan fingerprint density at radius 2 is 2.00 bits per heavy atom. The normalized spacial score (nSPS) is 27.2. The number of alkyl halides is 3. The molecule has 1 fully saturated rings. The maximum atomic E-state index is 14.4. The Morgan fingerprint density at radius 1 is 1.38 bits per heavy atom. The summed E-state index contributed by atoms with van der Waals surface area (Å²) in [5.74, 6) is -3.91. The fourth-order valence-electron chi connectivity index (χ4n) is 2.91. The van der Waals surface area contributed by atoms with Crippen molar-refractivity contribution in [1.29, 1.82) is 0 Å². The number of hydrogen-bond acceptors (Lipinski definition) is 4. The third-order valence-corrected chi connectivity index (χ3v) is 4.55. The summed E-state index contributed by atoms with van der Waals surface area (Å²) in [5.41, 5.74) is -2.08. The van der Waals surface area contributed by atoms with Crippen LogP contribution in [0.25, 0.3) is 0 Å². The Hall–Kier alpha value is -1.83. The van der Waals surface area contributed by atoms with Crippen molar-refractivity contribution < 1.29 is 36.6 Å². The first-order chi connectivity index (χ1) is 11.0. The van der Waals surface area contributed by atoms with E-state index in [0.29, 0.717) is 0 Å². The fourth-order valence-corrected chi connectivity index (χ4v) is 2.91. The first-order valence-electron chi connectivity index (χ1n) is 7.28. The van der Waals surface area contributed by atoms with E-state index in [0.717, 1.165) is 13.8 Å². The Balaban J connectivity index is 2.43. The van der Waals surface area contributed by atoms with E-state index >= 15 is 0 Å². The number of hydrogen-bond donors (Lipinski definition) is 0.